The van der Waals surface area contributed by atoms with Crippen LogP contribution in [0.25, 0.3) is 10.6 Å². The fraction of sp³-hybridized carbons (Fsp3) is 0.182. The first-order valence-corrected chi connectivity index (χ1v) is 5.68. The van der Waals surface area contributed by atoms with Gasteiger partial charge in [-0.3, -0.25) is 9.78 Å². The molecule has 0 unspecified atom stereocenters. The molecule has 5 heteroatoms. The number of pyridine rings is 1. The van der Waals surface area contributed by atoms with Crippen LogP contribution < -0.4 is 0 Å². The molecule has 0 N–H and O–H groups in total. The van der Waals surface area contributed by atoms with Crippen molar-refractivity contribution < 1.29 is 9.53 Å². The number of thiazole rings is 1. The van der Waals surface area contributed by atoms with E-state index in [9.17, 15) is 4.79 Å². The molecule has 0 saturated carbocycles. The maximum absolute atomic E-state index is 9.96. The Balaban J connectivity index is 2.02. The average Bonchev–Trinajstić information content (AvgIpc) is 2.84. The molecule has 0 fully saturated rings. The van der Waals surface area contributed by atoms with Gasteiger partial charge in [0, 0.05) is 35.5 Å². The minimum atomic E-state index is 0.368. The van der Waals surface area contributed by atoms with Crippen molar-refractivity contribution >= 4 is 17.8 Å². The monoisotopic (exact) mass is 234 g/mol. The molecule has 0 aliphatic rings. The lowest BCUT2D eigenvalue weighted by atomic mass is 10.2. The Kier molecular flexibility index (Phi) is 3.61. The van der Waals surface area contributed by atoms with Crippen LogP contribution in [-0.2, 0) is 16.0 Å². The lowest BCUT2D eigenvalue weighted by Gasteiger charge is -2.00. The first-order chi connectivity index (χ1) is 7.90. The molecule has 82 valence electrons. The quantitative estimate of drug-likeness (QED) is 0.586. The number of hydrogen-bond donors (Lipinski definition) is 0. The van der Waals surface area contributed by atoms with Crippen molar-refractivity contribution in [1.82, 2.24) is 9.97 Å². The van der Waals surface area contributed by atoms with Crippen LogP contribution in [0.5, 0.6) is 0 Å². The van der Waals surface area contributed by atoms with Crippen molar-refractivity contribution in [2.45, 2.75) is 6.42 Å². The predicted octanol–water partition coefficient (Wildman–Crippen LogP) is 1.92. The van der Waals surface area contributed by atoms with Gasteiger partial charge in [0.1, 0.15) is 5.01 Å². The number of hydrogen-bond acceptors (Lipinski definition) is 5. The van der Waals surface area contributed by atoms with E-state index in [0.717, 1.165) is 16.3 Å². The normalized spacial score (nSPS) is 10.0. The van der Waals surface area contributed by atoms with Crippen molar-refractivity contribution in [3.63, 3.8) is 0 Å². The zero-order valence-electron chi connectivity index (χ0n) is 8.50. The van der Waals surface area contributed by atoms with Gasteiger partial charge >= 0.3 is 0 Å². The van der Waals surface area contributed by atoms with Crippen molar-refractivity contribution in [1.29, 1.82) is 0 Å². The third-order valence-electron chi connectivity index (χ3n) is 2.05. The van der Waals surface area contributed by atoms with Gasteiger partial charge in [-0.2, -0.15) is 0 Å². The van der Waals surface area contributed by atoms with Crippen LogP contribution in [0.3, 0.4) is 0 Å². The Hall–Kier alpha value is -1.75. The molecule has 2 heterocycles. The Bertz CT molecular complexity index is 440. The largest absolute Gasteiger partial charge is 0.467 e. The Morgan fingerprint density at radius 2 is 2.31 bits per heavy atom. The number of carbonyl (C=O) groups is 1. The van der Waals surface area contributed by atoms with Gasteiger partial charge in [0.05, 0.1) is 6.61 Å². The molecule has 0 saturated heterocycles. The van der Waals surface area contributed by atoms with E-state index < -0.39 is 0 Å². The molecule has 0 aromatic carbocycles. The Labute approximate surface area is 96.9 Å². The second kappa shape index (κ2) is 5.37. The highest BCUT2D eigenvalue weighted by atomic mass is 32.1. The van der Waals surface area contributed by atoms with E-state index in [1.165, 1.54) is 0 Å². The molecule has 0 amide bonds. The zero-order chi connectivity index (χ0) is 11.2. The van der Waals surface area contributed by atoms with Crippen LogP contribution in [0.15, 0.2) is 29.9 Å². The second-order valence-electron chi connectivity index (χ2n) is 3.09. The van der Waals surface area contributed by atoms with Gasteiger partial charge in [-0.15, -0.1) is 11.3 Å². The maximum Gasteiger partial charge on any atom is 0.293 e. The van der Waals surface area contributed by atoms with Crippen LogP contribution in [0, 0.1) is 0 Å². The summed E-state index contributed by atoms with van der Waals surface area (Å²) in [4.78, 5) is 18.4. The molecule has 0 radical (unpaired) electrons. The molecule has 2 aromatic rings. The predicted molar refractivity (Wildman–Crippen MR) is 61.1 cm³/mol. The third kappa shape index (κ3) is 2.64. The minimum absolute atomic E-state index is 0.368. The average molecular weight is 234 g/mol. The van der Waals surface area contributed by atoms with Gasteiger partial charge in [0.25, 0.3) is 6.47 Å². The van der Waals surface area contributed by atoms with Crippen LogP contribution in [-0.4, -0.2) is 23.0 Å². The number of nitrogens with zero attached hydrogens (tertiary/aromatic N) is 2. The van der Waals surface area contributed by atoms with E-state index in [-0.39, 0.29) is 0 Å². The first kappa shape index (κ1) is 10.8. The number of ether oxygens (including phenoxy) is 1. The van der Waals surface area contributed by atoms with E-state index in [1.807, 2.05) is 17.5 Å². The van der Waals surface area contributed by atoms with Gasteiger partial charge < -0.3 is 4.74 Å². The summed E-state index contributed by atoms with van der Waals surface area (Å²) in [6, 6.07) is 3.90. The molecule has 0 aliphatic heterocycles. The fourth-order valence-corrected chi connectivity index (χ4v) is 1.91. The Morgan fingerprint density at radius 1 is 1.38 bits per heavy atom. The van der Waals surface area contributed by atoms with Crippen LogP contribution in [0.1, 0.15) is 5.69 Å². The molecule has 16 heavy (non-hydrogen) atoms. The smallest absolute Gasteiger partial charge is 0.293 e. The summed E-state index contributed by atoms with van der Waals surface area (Å²) in [7, 11) is 0. The van der Waals surface area contributed by atoms with Crippen LogP contribution >= 0.6 is 11.3 Å². The van der Waals surface area contributed by atoms with E-state index in [2.05, 4.69) is 14.7 Å². The van der Waals surface area contributed by atoms with E-state index in [1.54, 1.807) is 23.7 Å². The molecular weight excluding hydrogens is 224 g/mol. The number of rotatable bonds is 5. The van der Waals surface area contributed by atoms with Crippen molar-refractivity contribution in [3.05, 3.63) is 35.6 Å². The molecule has 0 spiro atoms. The molecule has 2 rings (SSSR count). The topological polar surface area (TPSA) is 52.1 Å². The van der Waals surface area contributed by atoms with E-state index in [4.69, 9.17) is 0 Å². The van der Waals surface area contributed by atoms with Gasteiger partial charge in [-0.1, -0.05) is 0 Å². The van der Waals surface area contributed by atoms with Gasteiger partial charge in [-0.25, -0.2) is 4.98 Å². The van der Waals surface area contributed by atoms with Crippen LogP contribution in [0.4, 0.5) is 0 Å². The summed E-state index contributed by atoms with van der Waals surface area (Å²) in [5.74, 6) is 0. The summed E-state index contributed by atoms with van der Waals surface area (Å²) in [5, 5.41) is 2.89. The Morgan fingerprint density at radius 3 is 2.94 bits per heavy atom. The molecule has 4 nitrogen and oxygen atoms in total. The highest BCUT2D eigenvalue weighted by molar-refractivity contribution is 7.13. The number of aromatic nitrogens is 2. The molecule has 0 aliphatic carbocycles. The minimum Gasteiger partial charge on any atom is -0.467 e. The molecule has 0 atom stereocenters. The summed E-state index contributed by atoms with van der Waals surface area (Å²) >= 11 is 1.58. The second-order valence-corrected chi connectivity index (χ2v) is 3.99. The zero-order valence-corrected chi connectivity index (χ0v) is 9.31. The van der Waals surface area contributed by atoms with Crippen LogP contribution in [0.2, 0.25) is 0 Å². The summed E-state index contributed by atoms with van der Waals surface area (Å²) in [6.45, 7) is 0.817. The lowest BCUT2D eigenvalue weighted by molar-refractivity contribution is -0.128. The fourth-order valence-electron chi connectivity index (χ4n) is 1.28. The van der Waals surface area contributed by atoms with Crippen molar-refractivity contribution in [2.24, 2.45) is 0 Å². The lowest BCUT2D eigenvalue weighted by Crippen LogP contribution is -1.98. The SMILES string of the molecule is O=COCCc1ccc(-c2nccs2)cn1. The molecule has 0 bridgehead atoms. The van der Waals surface area contributed by atoms with Crippen molar-refractivity contribution in [3.8, 4) is 10.6 Å². The molecule has 2 aromatic heterocycles. The molecular formula is C11H10N2O2S. The third-order valence-corrected chi connectivity index (χ3v) is 2.87. The van der Waals surface area contributed by atoms with Crippen molar-refractivity contribution in [2.75, 3.05) is 6.61 Å². The van der Waals surface area contributed by atoms with Gasteiger partial charge in [-0.05, 0) is 12.1 Å². The standard InChI is InChI=1S/C11H10N2O2S/c14-8-15-5-3-10-2-1-9(7-13-10)11-12-4-6-16-11/h1-2,4,6-8H,3,5H2. The first-order valence-electron chi connectivity index (χ1n) is 4.80. The highest BCUT2D eigenvalue weighted by Crippen LogP contribution is 2.20. The summed E-state index contributed by atoms with van der Waals surface area (Å²) in [5.41, 5.74) is 1.91. The van der Waals surface area contributed by atoms with Gasteiger partial charge in [0.15, 0.2) is 0 Å². The van der Waals surface area contributed by atoms with E-state index in [0.29, 0.717) is 19.5 Å². The van der Waals surface area contributed by atoms with E-state index >= 15 is 0 Å². The summed E-state index contributed by atoms with van der Waals surface area (Å²) in [6.07, 6.45) is 4.19. The number of carbonyl (C=O) groups excluding carboxylic acids is 1. The highest BCUT2D eigenvalue weighted by Gasteiger charge is 2.01. The van der Waals surface area contributed by atoms with Gasteiger partial charge in [0.2, 0.25) is 0 Å². The summed E-state index contributed by atoms with van der Waals surface area (Å²) < 4.78 is 4.61. The maximum atomic E-state index is 9.96.